The van der Waals surface area contributed by atoms with Crippen LogP contribution in [-0.2, 0) is 11.2 Å². The van der Waals surface area contributed by atoms with Gasteiger partial charge in [0.1, 0.15) is 16.5 Å². The molecule has 0 N–H and O–H groups in total. The second-order valence-electron chi connectivity index (χ2n) is 6.87. The fourth-order valence-corrected chi connectivity index (χ4v) is 4.65. The van der Waals surface area contributed by atoms with E-state index in [4.69, 9.17) is 4.98 Å². The van der Waals surface area contributed by atoms with Gasteiger partial charge < -0.3 is 9.80 Å². The maximum absolute atomic E-state index is 12.6. The van der Waals surface area contributed by atoms with E-state index in [-0.39, 0.29) is 5.91 Å². The molecule has 1 saturated heterocycles. The van der Waals surface area contributed by atoms with Gasteiger partial charge in [-0.05, 0) is 30.2 Å². The lowest BCUT2D eigenvalue weighted by atomic mass is 10.1. The minimum atomic E-state index is 0.244. The first-order valence-corrected chi connectivity index (χ1v) is 9.89. The Morgan fingerprint density at radius 1 is 1.25 bits per heavy atom. The Labute approximate surface area is 146 Å². The van der Waals surface area contributed by atoms with Gasteiger partial charge in [-0.1, -0.05) is 19.8 Å². The summed E-state index contributed by atoms with van der Waals surface area (Å²) in [5.74, 6) is 2.76. The Balaban J connectivity index is 1.52. The average Bonchev–Trinajstić information content (AvgIpc) is 3.27. The zero-order chi connectivity index (χ0) is 16.5. The number of carbonyl (C=O) groups is 1. The summed E-state index contributed by atoms with van der Waals surface area (Å²) in [4.78, 5) is 27.2. The van der Waals surface area contributed by atoms with Gasteiger partial charge in [0.15, 0.2) is 0 Å². The largest absolute Gasteiger partial charge is 0.345 e. The van der Waals surface area contributed by atoms with Crippen molar-refractivity contribution in [1.82, 2.24) is 14.9 Å². The molecular weight excluding hydrogens is 320 g/mol. The maximum atomic E-state index is 12.6. The summed E-state index contributed by atoms with van der Waals surface area (Å²) in [7, 11) is 0. The second-order valence-corrected chi connectivity index (χ2v) is 7.76. The number of anilines is 1. The molecule has 1 amide bonds. The normalized spacial score (nSPS) is 19.6. The fourth-order valence-electron chi connectivity index (χ4n) is 3.87. The van der Waals surface area contributed by atoms with E-state index in [1.807, 2.05) is 0 Å². The van der Waals surface area contributed by atoms with Crippen molar-refractivity contribution in [3.8, 4) is 0 Å². The third-order valence-electron chi connectivity index (χ3n) is 5.24. The quantitative estimate of drug-likeness (QED) is 0.855. The number of aryl methyl sites for hydroxylation is 1. The first-order valence-electron chi connectivity index (χ1n) is 9.01. The van der Waals surface area contributed by atoms with Gasteiger partial charge in [0.25, 0.3) is 0 Å². The third-order valence-corrected chi connectivity index (χ3v) is 6.05. The molecule has 1 aliphatic heterocycles. The van der Waals surface area contributed by atoms with Gasteiger partial charge >= 0.3 is 0 Å². The van der Waals surface area contributed by atoms with Crippen molar-refractivity contribution in [3.05, 3.63) is 17.3 Å². The van der Waals surface area contributed by atoms with Crippen LogP contribution in [0, 0.1) is 5.92 Å². The summed E-state index contributed by atoms with van der Waals surface area (Å²) < 4.78 is 0. The Hall–Kier alpha value is -1.69. The summed E-state index contributed by atoms with van der Waals surface area (Å²) in [5.41, 5.74) is 0. The molecular formula is C18H24N4OS. The minimum absolute atomic E-state index is 0.244. The zero-order valence-electron chi connectivity index (χ0n) is 14.2. The molecule has 2 fully saturated rings. The molecule has 2 aromatic rings. The highest BCUT2D eigenvalue weighted by molar-refractivity contribution is 7.16. The molecule has 0 spiro atoms. The van der Waals surface area contributed by atoms with Gasteiger partial charge in [0, 0.05) is 26.1 Å². The van der Waals surface area contributed by atoms with Crippen LogP contribution in [0.2, 0.25) is 0 Å². The predicted molar refractivity (Wildman–Crippen MR) is 97.5 cm³/mol. The topological polar surface area (TPSA) is 49.3 Å². The van der Waals surface area contributed by atoms with Crippen molar-refractivity contribution in [2.24, 2.45) is 5.92 Å². The SMILES string of the molecule is CCc1nc(N2CCN(CC3CCCC3)C(=O)C2)c2ccsc2n1. The molecule has 0 bridgehead atoms. The molecule has 2 aromatic heterocycles. The van der Waals surface area contributed by atoms with Crippen molar-refractivity contribution < 1.29 is 4.79 Å². The molecule has 0 aromatic carbocycles. The van der Waals surface area contributed by atoms with Crippen LogP contribution in [0.5, 0.6) is 0 Å². The first kappa shape index (κ1) is 15.8. The van der Waals surface area contributed by atoms with Gasteiger partial charge in [-0.15, -0.1) is 11.3 Å². The van der Waals surface area contributed by atoms with Crippen molar-refractivity contribution >= 4 is 33.3 Å². The van der Waals surface area contributed by atoms with E-state index >= 15 is 0 Å². The predicted octanol–water partition coefficient (Wildman–Crippen LogP) is 3.09. The Morgan fingerprint density at radius 2 is 2.08 bits per heavy atom. The lowest BCUT2D eigenvalue weighted by Gasteiger charge is -2.36. The van der Waals surface area contributed by atoms with Gasteiger partial charge in [0.2, 0.25) is 5.91 Å². The summed E-state index contributed by atoms with van der Waals surface area (Å²) in [6.07, 6.45) is 6.05. The van der Waals surface area contributed by atoms with Crippen molar-refractivity contribution in [1.29, 1.82) is 0 Å². The number of carbonyl (C=O) groups excluding carboxylic acids is 1. The summed E-state index contributed by atoms with van der Waals surface area (Å²) in [6.45, 7) is 5.14. The van der Waals surface area contributed by atoms with E-state index in [1.54, 1.807) is 11.3 Å². The smallest absolute Gasteiger partial charge is 0.242 e. The van der Waals surface area contributed by atoms with Crippen LogP contribution in [0.3, 0.4) is 0 Å². The van der Waals surface area contributed by atoms with Gasteiger partial charge in [-0.3, -0.25) is 4.79 Å². The molecule has 2 aliphatic rings. The van der Waals surface area contributed by atoms with Crippen molar-refractivity contribution in [3.63, 3.8) is 0 Å². The average molecular weight is 344 g/mol. The number of piperazine rings is 1. The van der Waals surface area contributed by atoms with Crippen LogP contribution < -0.4 is 4.90 Å². The molecule has 0 unspecified atom stereocenters. The van der Waals surface area contributed by atoms with E-state index in [0.29, 0.717) is 6.54 Å². The number of rotatable bonds is 4. The summed E-state index contributed by atoms with van der Waals surface area (Å²) in [6, 6.07) is 2.07. The van der Waals surface area contributed by atoms with Crippen LogP contribution in [0.15, 0.2) is 11.4 Å². The summed E-state index contributed by atoms with van der Waals surface area (Å²) >= 11 is 1.64. The lowest BCUT2D eigenvalue weighted by molar-refractivity contribution is -0.131. The molecule has 1 saturated carbocycles. The van der Waals surface area contributed by atoms with Gasteiger partial charge in [0.05, 0.1) is 11.9 Å². The molecule has 3 heterocycles. The van der Waals surface area contributed by atoms with E-state index in [0.717, 1.165) is 53.8 Å². The highest BCUT2D eigenvalue weighted by Gasteiger charge is 2.29. The highest BCUT2D eigenvalue weighted by Crippen LogP contribution is 2.30. The molecule has 24 heavy (non-hydrogen) atoms. The van der Waals surface area contributed by atoms with E-state index < -0.39 is 0 Å². The Kier molecular flexibility index (Phi) is 4.39. The van der Waals surface area contributed by atoms with E-state index in [2.05, 4.69) is 33.2 Å². The molecule has 6 heteroatoms. The maximum Gasteiger partial charge on any atom is 0.242 e. The third kappa shape index (κ3) is 2.99. The van der Waals surface area contributed by atoms with E-state index in [9.17, 15) is 4.79 Å². The van der Waals surface area contributed by atoms with Gasteiger partial charge in [-0.25, -0.2) is 9.97 Å². The van der Waals surface area contributed by atoms with Crippen molar-refractivity contribution in [2.75, 3.05) is 31.1 Å². The Bertz CT molecular complexity index is 738. The number of amides is 1. The monoisotopic (exact) mass is 344 g/mol. The highest BCUT2D eigenvalue weighted by atomic mass is 32.1. The molecule has 0 atom stereocenters. The van der Waals surface area contributed by atoms with Crippen LogP contribution in [0.4, 0.5) is 5.82 Å². The fraction of sp³-hybridized carbons (Fsp3) is 0.611. The Morgan fingerprint density at radius 3 is 2.83 bits per heavy atom. The lowest BCUT2D eigenvalue weighted by Crippen LogP contribution is -2.51. The van der Waals surface area contributed by atoms with Crippen LogP contribution >= 0.6 is 11.3 Å². The molecule has 4 rings (SSSR count). The van der Waals surface area contributed by atoms with Crippen LogP contribution in [0.25, 0.3) is 10.2 Å². The first-order chi connectivity index (χ1) is 11.7. The second kappa shape index (κ2) is 6.67. The number of fused-ring (bicyclic) bond motifs is 1. The number of hydrogen-bond donors (Lipinski definition) is 0. The molecule has 0 radical (unpaired) electrons. The van der Waals surface area contributed by atoms with Crippen LogP contribution in [-0.4, -0.2) is 47.0 Å². The molecule has 5 nitrogen and oxygen atoms in total. The number of aromatic nitrogens is 2. The van der Waals surface area contributed by atoms with Crippen molar-refractivity contribution in [2.45, 2.75) is 39.0 Å². The van der Waals surface area contributed by atoms with Crippen LogP contribution in [0.1, 0.15) is 38.4 Å². The standard InChI is InChI=1S/C18H24N4OS/c1-2-15-19-17(14-7-10-24-18(14)20-15)22-9-8-21(16(23)12-22)11-13-5-3-4-6-13/h7,10,13H,2-6,8-9,11-12H2,1H3. The molecule has 1 aliphatic carbocycles. The number of nitrogens with zero attached hydrogens (tertiary/aromatic N) is 4. The number of thiophene rings is 1. The minimum Gasteiger partial charge on any atom is -0.345 e. The molecule has 128 valence electrons. The zero-order valence-corrected chi connectivity index (χ0v) is 15.0. The van der Waals surface area contributed by atoms with E-state index in [1.165, 1.54) is 25.7 Å². The number of hydrogen-bond acceptors (Lipinski definition) is 5. The summed E-state index contributed by atoms with van der Waals surface area (Å²) in [5, 5.41) is 3.13. The van der Waals surface area contributed by atoms with Gasteiger partial charge in [-0.2, -0.15) is 0 Å².